The summed E-state index contributed by atoms with van der Waals surface area (Å²) in [6.45, 7) is 13.6. The third-order valence-electron chi connectivity index (χ3n) is 9.66. The molecule has 2 heterocycles. The van der Waals surface area contributed by atoms with E-state index in [1.165, 1.54) is 65.2 Å². The lowest BCUT2D eigenvalue weighted by atomic mass is 9.82. The van der Waals surface area contributed by atoms with Crippen LogP contribution in [-0.2, 0) is 10.8 Å². The van der Waals surface area contributed by atoms with Gasteiger partial charge in [-0.25, -0.2) is 0 Å². The minimum absolute atomic E-state index is 0.0523. The second kappa shape index (κ2) is 10.2. The van der Waals surface area contributed by atoms with Gasteiger partial charge in [-0.2, -0.15) is 0 Å². The molecule has 0 unspecified atom stereocenters. The van der Waals surface area contributed by atoms with Crippen LogP contribution in [0, 0.1) is 0 Å². The Bertz CT molecular complexity index is 2490. The SMILES string of the molecule is CC(C)(C)c1ccnc(-c2ccccc2/C=C/c2ccc3c4ccc(C(C)(C)C)cc4c4cccc5c6cccnc6c2c3c45)c1. The van der Waals surface area contributed by atoms with Crippen LogP contribution in [0.25, 0.3) is 77.4 Å². The molecule has 2 heteroatoms. The van der Waals surface area contributed by atoms with E-state index >= 15 is 0 Å². The molecule has 0 atom stereocenters. The Morgan fingerprint density at radius 2 is 1.13 bits per heavy atom. The summed E-state index contributed by atoms with van der Waals surface area (Å²) in [5, 5.41) is 11.5. The van der Waals surface area contributed by atoms with Crippen LogP contribution < -0.4 is 0 Å². The zero-order valence-electron chi connectivity index (χ0n) is 27.4. The van der Waals surface area contributed by atoms with E-state index in [4.69, 9.17) is 9.97 Å². The predicted octanol–water partition coefficient (Wildman–Crippen LogP) is 12.1. The van der Waals surface area contributed by atoms with Crippen LogP contribution in [0.5, 0.6) is 0 Å². The number of aromatic nitrogens is 2. The molecule has 2 nitrogen and oxygen atoms in total. The first kappa shape index (κ1) is 28.4. The summed E-state index contributed by atoms with van der Waals surface area (Å²) in [6.07, 6.45) is 8.38. The standard InChI is InChI=1S/C44H38N2/c1-43(2,3)29-19-21-32-35-20-18-28(17-16-27-11-7-8-12-31(27)38-26-30(22-24-45-38)44(4,5)6)39-41(35)40-33(36-15-10-23-46-42(36)39)13-9-14-34(40)37(32)25-29/h7-26H,1-6H3/b17-16+. The van der Waals surface area contributed by atoms with E-state index in [0.29, 0.717) is 0 Å². The van der Waals surface area contributed by atoms with Gasteiger partial charge in [0.15, 0.2) is 0 Å². The number of rotatable bonds is 3. The minimum atomic E-state index is 0.0523. The van der Waals surface area contributed by atoms with Crippen LogP contribution in [0.2, 0.25) is 0 Å². The molecule has 0 saturated heterocycles. The topological polar surface area (TPSA) is 25.8 Å². The van der Waals surface area contributed by atoms with Crippen molar-refractivity contribution in [1.29, 1.82) is 0 Å². The largest absolute Gasteiger partial charge is 0.256 e. The zero-order valence-corrected chi connectivity index (χ0v) is 27.4. The van der Waals surface area contributed by atoms with Crippen LogP contribution in [-0.4, -0.2) is 9.97 Å². The molecule has 46 heavy (non-hydrogen) atoms. The average Bonchev–Trinajstić information content (AvgIpc) is 3.06. The Morgan fingerprint density at radius 1 is 0.457 bits per heavy atom. The van der Waals surface area contributed by atoms with E-state index in [1.807, 2.05) is 12.4 Å². The Hall–Kier alpha value is -5.08. The first-order chi connectivity index (χ1) is 22.1. The van der Waals surface area contributed by atoms with Crippen LogP contribution in [0.4, 0.5) is 0 Å². The van der Waals surface area contributed by atoms with Gasteiger partial charge >= 0.3 is 0 Å². The van der Waals surface area contributed by atoms with E-state index in [0.717, 1.165) is 22.3 Å². The smallest absolute Gasteiger partial charge is 0.0793 e. The quantitative estimate of drug-likeness (QED) is 0.115. The lowest BCUT2D eigenvalue weighted by molar-refractivity contribution is 0.589. The van der Waals surface area contributed by atoms with E-state index in [2.05, 4.69) is 151 Å². The highest BCUT2D eigenvalue weighted by Crippen LogP contribution is 2.46. The van der Waals surface area contributed by atoms with Crippen molar-refractivity contribution in [3.05, 3.63) is 132 Å². The summed E-state index contributed by atoms with van der Waals surface area (Å²) in [7, 11) is 0. The number of hydrogen-bond donors (Lipinski definition) is 0. The second-order valence-corrected chi connectivity index (χ2v) is 14.7. The predicted molar refractivity (Wildman–Crippen MR) is 199 cm³/mol. The van der Waals surface area contributed by atoms with Crippen molar-refractivity contribution in [3.8, 4) is 11.3 Å². The molecule has 0 aliphatic carbocycles. The van der Waals surface area contributed by atoms with Gasteiger partial charge in [-0.15, -0.1) is 0 Å². The van der Waals surface area contributed by atoms with Crippen molar-refractivity contribution < 1.29 is 0 Å². The molecule has 0 N–H and O–H groups in total. The molecular formula is C44H38N2. The summed E-state index contributed by atoms with van der Waals surface area (Å²) >= 11 is 0. The summed E-state index contributed by atoms with van der Waals surface area (Å²) < 4.78 is 0. The van der Waals surface area contributed by atoms with Gasteiger partial charge in [-0.1, -0.05) is 126 Å². The Balaban J connectivity index is 1.41. The molecule has 0 spiro atoms. The highest BCUT2D eigenvalue weighted by molar-refractivity contribution is 6.40. The number of fused-ring (bicyclic) bond motifs is 6. The monoisotopic (exact) mass is 594 g/mol. The van der Waals surface area contributed by atoms with Gasteiger partial charge in [-0.05, 0) is 89.7 Å². The highest BCUT2D eigenvalue weighted by Gasteiger charge is 2.21. The zero-order chi connectivity index (χ0) is 31.8. The van der Waals surface area contributed by atoms with Crippen molar-refractivity contribution in [2.24, 2.45) is 0 Å². The molecule has 8 aromatic rings. The third-order valence-corrected chi connectivity index (χ3v) is 9.66. The van der Waals surface area contributed by atoms with E-state index < -0.39 is 0 Å². The van der Waals surface area contributed by atoms with Crippen LogP contribution >= 0.6 is 0 Å². The fourth-order valence-corrected chi connectivity index (χ4v) is 7.16. The molecule has 0 amide bonds. The van der Waals surface area contributed by atoms with Gasteiger partial charge in [0.2, 0.25) is 0 Å². The molecule has 0 aliphatic heterocycles. The first-order valence-electron chi connectivity index (χ1n) is 16.2. The van der Waals surface area contributed by atoms with Crippen LogP contribution in [0.1, 0.15) is 63.8 Å². The number of pyridine rings is 2. The number of nitrogens with zero attached hydrogens (tertiary/aromatic N) is 2. The third kappa shape index (κ3) is 4.47. The average molecular weight is 595 g/mol. The van der Waals surface area contributed by atoms with Gasteiger partial charge in [0, 0.05) is 34.1 Å². The van der Waals surface area contributed by atoms with Gasteiger partial charge in [0.1, 0.15) is 0 Å². The van der Waals surface area contributed by atoms with E-state index in [9.17, 15) is 0 Å². The van der Waals surface area contributed by atoms with Crippen molar-refractivity contribution in [2.45, 2.75) is 52.4 Å². The lowest BCUT2D eigenvalue weighted by Crippen LogP contribution is -2.11. The molecule has 224 valence electrons. The summed E-state index contributed by atoms with van der Waals surface area (Å²) in [5.41, 5.74) is 8.24. The maximum Gasteiger partial charge on any atom is 0.0793 e. The molecule has 0 radical (unpaired) electrons. The van der Waals surface area contributed by atoms with Crippen molar-refractivity contribution in [2.75, 3.05) is 0 Å². The van der Waals surface area contributed by atoms with Crippen LogP contribution in [0.15, 0.2) is 109 Å². The van der Waals surface area contributed by atoms with Crippen molar-refractivity contribution in [3.63, 3.8) is 0 Å². The maximum absolute atomic E-state index is 5.03. The molecular weight excluding hydrogens is 556 g/mol. The van der Waals surface area contributed by atoms with Crippen molar-refractivity contribution >= 4 is 66.1 Å². The fourth-order valence-electron chi connectivity index (χ4n) is 7.16. The van der Waals surface area contributed by atoms with Gasteiger partial charge in [0.25, 0.3) is 0 Å². The van der Waals surface area contributed by atoms with Gasteiger partial charge < -0.3 is 0 Å². The number of hydrogen-bond acceptors (Lipinski definition) is 2. The van der Waals surface area contributed by atoms with Gasteiger partial charge in [-0.3, -0.25) is 9.97 Å². The summed E-state index contributed by atoms with van der Waals surface area (Å²) in [5.74, 6) is 0. The first-order valence-corrected chi connectivity index (χ1v) is 16.2. The molecule has 6 aromatic carbocycles. The molecule has 0 aliphatic rings. The summed E-state index contributed by atoms with van der Waals surface area (Å²) in [6, 6.07) is 35.6. The summed E-state index contributed by atoms with van der Waals surface area (Å²) in [4.78, 5) is 9.82. The van der Waals surface area contributed by atoms with Crippen LogP contribution in [0.3, 0.4) is 0 Å². The lowest BCUT2D eigenvalue weighted by Gasteiger charge is -2.22. The highest BCUT2D eigenvalue weighted by atomic mass is 14.7. The molecule has 0 fully saturated rings. The Kier molecular flexibility index (Phi) is 6.31. The maximum atomic E-state index is 5.03. The number of benzene rings is 6. The Morgan fingerprint density at radius 3 is 1.93 bits per heavy atom. The molecule has 0 saturated carbocycles. The molecule has 0 bridgehead atoms. The fraction of sp³-hybridized carbons (Fsp3) is 0.182. The minimum Gasteiger partial charge on any atom is -0.256 e. The van der Waals surface area contributed by atoms with E-state index in [1.54, 1.807) is 0 Å². The van der Waals surface area contributed by atoms with Crippen molar-refractivity contribution in [1.82, 2.24) is 9.97 Å². The Labute approximate surface area is 270 Å². The molecule has 8 rings (SSSR count). The van der Waals surface area contributed by atoms with E-state index in [-0.39, 0.29) is 10.8 Å². The second-order valence-electron chi connectivity index (χ2n) is 14.7. The normalized spacial score (nSPS) is 12.9. The van der Waals surface area contributed by atoms with Gasteiger partial charge in [0.05, 0.1) is 11.2 Å². The molecule has 2 aromatic heterocycles.